The van der Waals surface area contributed by atoms with Crippen molar-refractivity contribution in [1.29, 1.82) is 0 Å². The highest BCUT2D eigenvalue weighted by Crippen LogP contribution is 2.27. The molecule has 0 aromatic heterocycles. The van der Waals surface area contributed by atoms with E-state index in [1.165, 1.54) is 0 Å². The number of carbonyl (C=O) groups excluding carboxylic acids is 4. The molecule has 0 radical (unpaired) electrons. The van der Waals surface area contributed by atoms with Crippen molar-refractivity contribution in [2.24, 2.45) is 0 Å². The topological polar surface area (TPSA) is 105 Å². The summed E-state index contributed by atoms with van der Waals surface area (Å²) in [5.41, 5.74) is 1.04. The normalized spacial score (nSPS) is 11.8. The fourth-order valence-corrected chi connectivity index (χ4v) is 3.30. The summed E-state index contributed by atoms with van der Waals surface area (Å²) in [5, 5.41) is 0. The summed E-state index contributed by atoms with van der Waals surface area (Å²) < 4.78 is 21.6. The number of hydrogen-bond acceptors (Lipinski definition) is 8. The van der Waals surface area contributed by atoms with Crippen molar-refractivity contribution < 1.29 is 38.1 Å². The van der Waals surface area contributed by atoms with Gasteiger partial charge in [-0.3, -0.25) is 4.79 Å². The summed E-state index contributed by atoms with van der Waals surface area (Å²) in [5.74, 6) is -2.18. The van der Waals surface area contributed by atoms with E-state index in [9.17, 15) is 19.2 Å². The van der Waals surface area contributed by atoms with Crippen LogP contribution in [-0.2, 0) is 23.8 Å². The lowest BCUT2D eigenvalue weighted by molar-refractivity contribution is -0.154. The average Bonchev–Trinajstić information content (AvgIpc) is 2.97. The van der Waals surface area contributed by atoms with Crippen LogP contribution < -0.4 is 4.74 Å². The summed E-state index contributed by atoms with van der Waals surface area (Å²) in [6, 6.07) is 23.3. The van der Waals surface area contributed by atoms with Crippen molar-refractivity contribution in [3.63, 3.8) is 0 Å². The van der Waals surface area contributed by atoms with E-state index >= 15 is 0 Å². The second kappa shape index (κ2) is 13.9. The van der Waals surface area contributed by atoms with E-state index in [4.69, 9.17) is 18.9 Å². The van der Waals surface area contributed by atoms with Gasteiger partial charge in [0.1, 0.15) is 19.0 Å². The van der Waals surface area contributed by atoms with Crippen LogP contribution in [0.3, 0.4) is 0 Å². The summed E-state index contributed by atoms with van der Waals surface area (Å²) in [6.07, 6.45) is -0.233. The van der Waals surface area contributed by atoms with E-state index in [0.29, 0.717) is 22.4 Å². The molecular formula is C30H26O8. The van der Waals surface area contributed by atoms with Gasteiger partial charge in [0, 0.05) is 23.3 Å². The van der Waals surface area contributed by atoms with Crippen molar-refractivity contribution in [3.8, 4) is 5.75 Å². The van der Waals surface area contributed by atoms with Crippen molar-refractivity contribution >= 4 is 23.7 Å². The highest BCUT2D eigenvalue weighted by Gasteiger charge is 2.27. The molecule has 0 heterocycles. The minimum atomic E-state index is -1.25. The molecule has 0 saturated carbocycles. The Morgan fingerprint density at radius 1 is 0.711 bits per heavy atom. The van der Waals surface area contributed by atoms with E-state index in [0.717, 1.165) is 12.2 Å². The lowest BCUT2D eigenvalue weighted by Gasteiger charge is -2.20. The molecule has 3 aromatic rings. The van der Waals surface area contributed by atoms with Gasteiger partial charge in [-0.05, 0) is 24.3 Å². The summed E-state index contributed by atoms with van der Waals surface area (Å²) in [7, 11) is 0. The number of ether oxygens (including phenoxy) is 4. The first-order chi connectivity index (χ1) is 18.4. The Morgan fingerprint density at radius 3 is 1.97 bits per heavy atom. The Bertz CT molecular complexity index is 1280. The lowest BCUT2D eigenvalue weighted by atomic mass is 9.99. The molecule has 0 aliphatic rings. The van der Waals surface area contributed by atoms with Crippen molar-refractivity contribution in [2.45, 2.75) is 12.2 Å². The number of ketones is 1. The highest BCUT2D eigenvalue weighted by molar-refractivity contribution is 6.02. The van der Waals surface area contributed by atoms with Gasteiger partial charge in [-0.2, -0.15) is 0 Å². The van der Waals surface area contributed by atoms with Crippen LogP contribution in [0.1, 0.15) is 32.4 Å². The number of esters is 3. The largest absolute Gasteiger partial charge is 0.490 e. The van der Waals surface area contributed by atoms with Crippen LogP contribution in [0.5, 0.6) is 5.75 Å². The van der Waals surface area contributed by atoms with Crippen LogP contribution in [0, 0.1) is 0 Å². The molecule has 0 amide bonds. The van der Waals surface area contributed by atoms with Crippen LogP contribution in [0.15, 0.2) is 110 Å². The van der Waals surface area contributed by atoms with Crippen LogP contribution in [-0.4, -0.2) is 43.0 Å². The van der Waals surface area contributed by atoms with Gasteiger partial charge in [-0.15, -0.1) is 0 Å². The number of carbonyl (C=O) groups is 4. The SMILES string of the molecule is C=CC(=O)OCC(COc1cccc(C(OC(=O)c2ccccc2)C(=O)c2ccccc2)c1)OC(=O)C=C. The van der Waals surface area contributed by atoms with Gasteiger partial charge in [-0.25, -0.2) is 14.4 Å². The summed E-state index contributed by atoms with van der Waals surface area (Å²) >= 11 is 0. The first kappa shape index (κ1) is 27.6. The Morgan fingerprint density at radius 2 is 1.34 bits per heavy atom. The average molecular weight is 515 g/mol. The first-order valence-electron chi connectivity index (χ1n) is 11.6. The first-order valence-corrected chi connectivity index (χ1v) is 11.6. The molecule has 0 spiro atoms. The van der Waals surface area contributed by atoms with Gasteiger partial charge >= 0.3 is 17.9 Å². The minimum Gasteiger partial charge on any atom is -0.490 e. The van der Waals surface area contributed by atoms with Crippen molar-refractivity contribution in [1.82, 2.24) is 0 Å². The van der Waals surface area contributed by atoms with E-state index in [1.54, 1.807) is 84.9 Å². The number of benzene rings is 3. The molecule has 3 rings (SSSR count). The Hall–Kier alpha value is -4.98. The van der Waals surface area contributed by atoms with Crippen LogP contribution in [0.25, 0.3) is 0 Å². The zero-order chi connectivity index (χ0) is 27.3. The number of hydrogen-bond donors (Lipinski definition) is 0. The highest BCUT2D eigenvalue weighted by atomic mass is 16.6. The van der Waals surface area contributed by atoms with Crippen LogP contribution in [0.4, 0.5) is 0 Å². The van der Waals surface area contributed by atoms with Gasteiger partial charge in [0.2, 0.25) is 5.78 Å². The fourth-order valence-electron chi connectivity index (χ4n) is 3.30. The minimum absolute atomic E-state index is 0.172. The van der Waals surface area contributed by atoms with E-state index < -0.39 is 35.9 Å². The molecule has 0 aliphatic heterocycles. The maximum absolute atomic E-state index is 13.4. The van der Waals surface area contributed by atoms with Gasteiger partial charge in [0.15, 0.2) is 12.2 Å². The van der Waals surface area contributed by atoms with E-state index in [-0.39, 0.29) is 13.2 Å². The maximum atomic E-state index is 13.4. The molecule has 194 valence electrons. The molecule has 0 aliphatic carbocycles. The molecule has 38 heavy (non-hydrogen) atoms. The van der Waals surface area contributed by atoms with Gasteiger partial charge in [0.25, 0.3) is 0 Å². The van der Waals surface area contributed by atoms with E-state index in [2.05, 4.69) is 13.2 Å². The second-order valence-electron chi connectivity index (χ2n) is 7.86. The molecule has 8 heteroatoms. The standard InChI is InChI=1S/C30H26O8/c1-3-26(31)36-20-25(37-27(32)4-2)19-35-24-17-11-16-23(18-24)29(28(33)21-12-7-5-8-13-21)38-30(34)22-14-9-6-10-15-22/h3-18,25,29H,1-2,19-20H2. The molecule has 3 aromatic carbocycles. The molecule has 2 atom stereocenters. The smallest absolute Gasteiger partial charge is 0.339 e. The van der Waals surface area contributed by atoms with Crippen molar-refractivity contribution in [2.75, 3.05) is 13.2 Å². The zero-order valence-corrected chi connectivity index (χ0v) is 20.5. The van der Waals surface area contributed by atoms with Gasteiger partial charge in [0.05, 0.1) is 5.56 Å². The molecule has 0 fully saturated rings. The van der Waals surface area contributed by atoms with Gasteiger partial charge in [-0.1, -0.05) is 73.8 Å². The monoisotopic (exact) mass is 514 g/mol. The Labute approximate surface area is 220 Å². The molecule has 2 unspecified atom stereocenters. The summed E-state index contributed by atoms with van der Waals surface area (Å²) in [6.45, 7) is 6.22. The fraction of sp³-hybridized carbons (Fsp3) is 0.133. The quantitative estimate of drug-likeness (QED) is 0.140. The third-order valence-corrected chi connectivity index (χ3v) is 5.16. The maximum Gasteiger partial charge on any atom is 0.339 e. The van der Waals surface area contributed by atoms with E-state index in [1.807, 2.05) is 0 Å². The lowest BCUT2D eigenvalue weighted by Crippen LogP contribution is -2.30. The molecule has 0 N–H and O–H groups in total. The molecular weight excluding hydrogens is 488 g/mol. The second-order valence-corrected chi connectivity index (χ2v) is 7.86. The molecule has 8 nitrogen and oxygen atoms in total. The zero-order valence-electron chi connectivity index (χ0n) is 20.5. The summed E-state index contributed by atoms with van der Waals surface area (Å²) in [4.78, 5) is 49.3. The third kappa shape index (κ3) is 8.03. The Kier molecular flexibility index (Phi) is 10.1. The van der Waals surface area contributed by atoms with Gasteiger partial charge < -0.3 is 18.9 Å². The van der Waals surface area contributed by atoms with Crippen molar-refractivity contribution in [3.05, 3.63) is 127 Å². The predicted molar refractivity (Wildman–Crippen MR) is 139 cm³/mol. The predicted octanol–water partition coefficient (Wildman–Crippen LogP) is 4.67. The number of rotatable bonds is 13. The van der Waals surface area contributed by atoms with Crippen LogP contribution >= 0.6 is 0 Å². The van der Waals surface area contributed by atoms with Crippen LogP contribution in [0.2, 0.25) is 0 Å². The molecule has 0 saturated heterocycles. The Balaban J connectivity index is 1.82. The molecule has 0 bridgehead atoms. The third-order valence-electron chi connectivity index (χ3n) is 5.16. The number of Topliss-reactive ketones (excluding diaryl/α,β-unsaturated/α-hetero) is 1.